The van der Waals surface area contributed by atoms with Crippen LogP contribution < -0.4 is 5.32 Å². The van der Waals surface area contributed by atoms with Crippen LogP contribution in [-0.2, 0) is 14.3 Å². The fourth-order valence-electron chi connectivity index (χ4n) is 2.22. The first-order valence-corrected chi connectivity index (χ1v) is 7.63. The van der Waals surface area contributed by atoms with Crippen LogP contribution in [0, 0.1) is 6.92 Å². The van der Waals surface area contributed by atoms with Gasteiger partial charge >= 0.3 is 11.9 Å². The van der Waals surface area contributed by atoms with E-state index in [2.05, 4.69) is 5.32 Å². The molecule has 0 aromatic heterocycles. The third-order valence-electron chi connectivity index (χ3n) is 3.50. The Balaban J connectivity index is 1.82. The van der Waals surface area contributed by atoms with Gasteiger partial charge in [-0.1, -0.05) is 48.0 Å². The van der Waals surface area contributed by atoms with E-state index in [4.69, 9.17) is 21.1 Å². The molecule has 2 aromatic rings. The van der Waals surface area contributed by atoms with Crippen LogP contribution in [0.1, 0.15) is 15.9 Å². The third kappa shape index (κ3) is 3.26. The predicted molar refractivity (Wildman–Crippen MR) is 89.4 cm³/mol. The normalized spacial score (nSPS) is 16.8. The first kappa shape index (κ1) is 16.1. The quantitative estimate of drug-likeness (QED) is 0.859. The van der Waals surface area contributed by atoms with Crippen LogP contribution >= 0.6 is 11.6 Å². The highest BCUT2D eigenvalue weighted by molar-refractivity contribution is 6.42. The van der Waals surface area contributed by atoms with E-state index in [1.165, 1.54) is 0 Å². The van der Waals surface area contributed by atoms with E-state index in [-0.39, 0.29) is 10.7 Å². The lowest BCUT2D eigenvalue weighted by Gasteiger charge is -2.17. The minimum Gasteiger partial charge on any atom is -0.415 e. The molecule has 1 unspecified atom stereocenters. The van der Waals surface area contributed by atoms with E-state index >= 15 is 0 Å². The summed E-state index contributed by atoms with van der Waals surface area (Å²) in [6.07, 6.45) is -1.21. The first-order chi connectivity index (χ1) is 11.6. The molecular formula is C18H14ClNO4. The topological polar surface area (TPSA) is 64.6 Å². The number of aryl methyl sites for hydroxylation is 1. The average molecular weight is 344 g/mol. The molecule has 5 nitrogen and oxygen atoms in total. The number of carbonyl (C=O) groups excluding carboxylic acids is 2. The first-order valence-electron chi connectivity index (χ1n) is 7.25. The van der Waals surface area contributed by atoms with E-state index in [1.807, 2.05) is 31.2 Å². The van der Waals surface area contributed by atoms with Gasteiger partial charge in [-0.2, -0.15) is 0 Å². The third-order valence-corrected chi connectivity index (χ3v) is 3.86. The monoisotopic (exact) mass is 343 g/mol. The maximum absolute atomic E-state index is 12.2. The second-order valence-electron chi connectivity index (χ2n) is 5.18. The van der Waals surface area contributed by atoms with Crippen molar-refractivity contribution in [3.63, 3.8) is 0 Å². The lowest BCUT2D eigenvalue weighted by molar-refractivity contribution is -0.152. The van der Waals surface area contributed by atoms with Crippen molar-refractivity contribution in [2.24, 2.45) is 0 Å². The number of halogens is 1. The molecule has 1 atom stereocenters. The number of para-hydroxylation sites is 1. The lowest BCUT2D eigenvalue weighted by atomic mass is 10.2. The Bertz CT molecular complexity index is 817. The minimum absolute atomic E-state index is 0.135. The number of anilines is 1. The van der Waals surface area contributed by atoms with Crippen LogP contribution in [0.15, 0.2) is 65.3 Å². The van der Waals surface area contributed by atoms with Gasteiger partial charge in [0, 0.05) is 5.69 Å². The second kappa shape index (κ2) is 6.76. The Morgan fingerprint density at radius 2 is 1.79 bits per heavy atom. The summed E-state index contributed by atoms with van der Waals surface area (Å²) in [5.41, 5.74) is 2.25. The fraction of sp³-hybridized carbons (Fsp3) is 0.111. The van der Waals surface area contributed by atoms with Gasteiger partial charge in [-0.25, -0.2) is 9.59 Å². The van der Waals surface area contributed by atoms with Crippen LogP contribution in [0.25, 0.3) is 0 Å². The molecular weight excluding hydrogens is 330 g/mol. The maximum atomic E-state index is 12.2. The largest absolute Gasteiger partial charge is 0.415 e. The maximum Gasteiger partial charge on any atom is 0.355 e. The zero-order chi connectivity index (χ0) is 17.1. The Morgan fingerprint density at radius 3 is 2.50 bits per heavy atom. The molecule has 0 aliphatic carbocycles. The van der Waals surface area contributed by atoms with E-state index in [0.717, 1.165) is 11.3 Å². The standard InChI is InChI=1S/C18H14ClNO4/c1-11-7-5-6-10-13(11)20-15-14(19)17(22)24-18(15)23-16(21)12-8-3-2-4-9-12/h2-10,18,20H,1H3. The average Bonchev–Trinajstić information content (AvgIpc) is 2.85. The molecule has 3 rings (SSSR count). The highest BCUT2D eigenvalue weighted by Crippen LogP contribution is 2.29. The zero-order valence-electron chi connectivity index (χ0n) is 12.8. The molecule has 0 saturated heterocycles. The second-order valence-corrected chi connectivity index (χ2v) is 5.55. The molecule has 1 aliphatic rings. The van der Waals surface area contributed by atoms with Gasteiger partial charge in [-0.3, -0.25) is 0 Å². The summed E-state index contributed by atoms with van der Waals surface area (Å²) in [7, 11) is 0. The summed E-state index contributed by atoms with van der Waals surface area (Å²) < 4.78 is 10.3. The predicted octanol–water partition coefficient (Wildman–Crippen LogP) is 3.60. The number of ether oxygens (including phenoxy) is 2. The number of carbonyl (C=O) groups is 2. The number of benzene rings is 2. The number of hydrogen-bond donors (Lipinski definition) is 1. The summed E-state index contributed by atoms with van der Waals surface area (Å²) in [6.45, 7) is 1.90. The van der Waals surface area contributed by atoms with E-state index in [9.17, 15) is 9.59 Å². The summed E-state index contributed by atoms with van der Waals surface area (Å²) in [6, 6.07) is 15.9. The van der Waals surface area contributed by atoms with Crippen molar-refractivity contribution in [2.45, 2.75) is 13.2 Å². The van der Waals surface area contributed by atoms with Crippen molar-refractivity contribution in [3.8, 4) is 0 Å². The Labute approximate surface area is 143 Å². The van der Waals surface area contributed by atoms with Gasteiger partial charge in [0.1, 0.15) is 5.70 Å². The molecule has 0 saturated carbocycles. The molecule has 1 N–H and O–H groups in total. The molecule has 6 heteroatoms. The lowest BCUT2D eigenvalue weighted by Crippen LogP contribution is -2.24. The molecule has 24 heavy (non-hydrogen) atoms. The van der Waals surface area contributed by atoms with Crippen molar-refractivity contribution in [1.82, 2.24) is 0 Å². The van der Waals surface area contributed by atoms with Crippen molar-refractivity contribution in [2.75, 3.05) is 5.32 Å². The van der Waals surface area contributed by atoms with Crippen LogP contribution in [0.5, 0.6) is 0 Å². The van der Waals surface area contributed by atoms with Gasteiger partial charge in [0.05, 0.1) is 5.56 Å². The molecule has 1 heterocycles. The van der Waals surface area contributed by atoms with Gasteiger partial charge < -0.3 is 14.8 Å². The summed E-state index contributed by atoms with van der Waals surface area (Å²) >= 11 is 6.01. The van der Waals surface area contributed by atoms with Crippen LogP contribution in [0.2, 0.25) is 0 Å². The zero-order valence-corrected chi connectivity index (χ0v) is 13.5. The smallest absolute Gasteiger partial charge is 0.355 e. The number of hydrogen-bond acceptors (Lipinski definition) is 5. The molecule has 1 aliphatic heterocycles. The van der Waals surface area contributed by atoms with Gasteiger partial charge in [0.25, 0.3) is 6.29 Å². The van der Waals surface area contributed by atoms with Crippen molar-refractivity contribution < 1.29 is 19.1 Å². The SMILES string of the molecule is Cc1ccccc1NC1=C(Cl)C(=O)OC1OC(=O)c1ccccc1. The van der Waals surface area contributed by atoms with Crippen molar-refractivity contribution in [1.29, 1.82) is 0 Å². The molecule has 0 bridgehead atoms. The molecule has 122 valence electrons. The van der Waals surface area contributed by atoms with Gasteiger partial charge in [-0.05, 0) is 30.7 Å². The number of nitrogens with one attached hydrogen (secondary N) is 1. The molecule has 0 radical (unpaired) electrons. The van der Waals surface area contributed by atoms with Gasteiger partial charge in [0.2, 0.25) is 0 Å². The van der Waals surface area contributed by atoms with Crippen LogP contribution in [0.4, 0.5) is 5.69 Å². The molecule has 0 amide bonds. The number of rotatable bonds is 4. The van der Waals surface area contributed by atoms with Crippen molar-refractivity contribution in [3.05, 3.63) is 76.5 Å². The van der Waals surface area contributed by atoms with Crippen LogP contribution in [0.3, 0.4) is 0 Å². The Morgan fingerprint density at radius 1 is 1.12 bits per heavy atom. The molecule has 0 fully saturated rings. The Kier molecular flexibility index (Phi) is 4.53. The highest BCUT2D eigenvalue weighted by Gasteiger charge is 2.36. The Hall–Kier alpha value is -2.79. The van der Waals surface area contributed by atoms with Gasteiger partial charge in [0.15, 0.2) is 5.03 Å². The summed E-state index contributed by atoms with van der Waals surface area (Å²) in [5, 5.41) is 2.89. The number of esters is 2. The fourth-order valence-corrected chi connectivity index (χ4v) is 2.40. The van der Waals surface area contributed by atoms with E-state index in [0.29, 0.717) is 5.56 Å². The molecule has 0 spiro atoms. The van der Waals surface area contributed by atoms with E-state index < -0.39 is 18.2 Å². The van der Waals surface area contributed by atoms with Gasteiger partial charge in [-0.15, -0.1) is 0 Å². The summed E-state index contributed by atoms with van der Waals surface area (Å²) in [4.78, 5) is 23.9. The minimum atomic E-state index is -1.21. The van der Waals surface area contributed by atoms with Crippen molar-refractivity contribution >= 4 is 29.2 Å². The number of cyclic esters (lactones) is 1. The highest BCUT2D eigenvalue weighted by atomic mass is 35.5. The summed E-state index contributed by atoms with van der Waals surface area (Å²) in [5.74, 6) is -1.34. The van der Waals surface area contributed by atoms with E-state index in [1.54, 1.807) is 30.3 Å². The van der Waals surface area contributed by atoms with Crippen LogP contribution in [-0.4, -0.2) is 18.2 Å². The molecule has 2 aromatic carbocycles.